The van der Waals surface area contributed by atoms with Gasteiger partial charge in [-0.3, -0.25) is 14.4 Å². The van der Waals surface area contributed by atoms with Gasteiger partial charge in [-0.2, -0.15) is 5.10 Å². The molecular weight excluding hydrogens is 448 g/mol. The standard InChI is InChI=1S/C18H22Br2N4O/c1-18(2,24-13-15(19)11-21-24)17(25)23-9-7-22(8-10-23)12-14-5-3-4-6-16(14)20/h3-6,11,13H,7-10,12H2,1-2H3. The maximum absolute atomic E-state index is 13.0. The summed E-state index contributed by atoms with van der Waals surface area (Å²) in [6.07, 6.45) is 3.56. The summed E-state index contributed by atoms with van der Waals surface area (Å²) in [5, 5.41) is 4.29. The lowest BCUT2D eigenvalue weighted by atomic mass is 10.0. The van der Waals surface area contributed by atoms with Gasteiger partial charge < -0.3 is 4.90 Å². The Morgan fingerprint density at radius 1 is 1.16 bits per heavy atom. The first-order chi connectivity index (χ1) is 11.9. The molecule has 1 saturated heterocycles. The zero-order valence-electron chi connectivity index (χ0n) is 14.5. The molecule has 0 saturated carbocycles. The van der Waals surface area contributed by atoms with Crippen molar-refractivity contribution < 1.29 is 4.79 Å². The van der Waals surface area contributed by atoms with E-state index in [9.17, 15) is 4.79 Å². The van der Waals surface area contributed by atoms with E-state index in [-0.39, 0.29) is 5.91 Å². The topological polar surface area (TPSA) is 41.4 Å². The second-order valence-electron chi connectivity index (χ2n) is 6.82. The summed E-state index contributed by atoms with van der Waals surface area (Å²) in [5.41, 5.74) is 0.598. The number of aromatic nitrogens is 2. The number of nitrogens with zero attached hydrogens (tertiary/aromatic N) is 4. The van der Waals surface area contributed by atoms with Crippen LogP contribution >= 0.6 is 31.9 Å². The smallest absolute Gasteiger partial charge is 0.250 e. The summed E-state index contributed by atoms with van der Waals surface area (Å²) in [6.45, 7) is 7.99. The summed E-state index contributed by atoms with van der Waals surface area (Å²) in [7, 11) is 0. The van der Waals surface area contributed by atoms with Gasteiger partial charge in [-0.05, 0) is 41.4 Å². The van der Waals surface area contributed by atoms with Crippen molar-refractivity contribution in [2.75, 3.05) is 26.2 Å². The van der Waals surface area contributed by atoms with Gasteiger partial charge in [0.05, 0.1) is 10.7 Å². The molecule has 0 radical (unpaired) electrons. The van der Waals surface area contributed by atoms with Gasteiger partial charge in [0.15, 0.2) is 0 Å². The minimum atomic E-state index is -0.684. The van der Waals surface area contributed by atoms with Crippen molar-refractivity contribution in [2.45, 2.75) is 25.9 Å². The van der Waals surface area contributed by atoms with Gasteiger partial charge in [0.2, 0.25) is 5.91 Å². The van der Waals surface area contributed by atoms with Crippen LogP contribution in [0.3, 0.4) is 0 Å². The molecule has 1 aromatic heterocycles. The first kappa shape index (κ1) is 18.6. The first-order valence-electron chi connectivity index (χ1n) is 8.34. The molecule has 0 spiro atoms. The van der Waals surface area contributed by atoms with Crippen molar-refractivity contribution in [3.8, 4) is 0 Å². The fourth-order valence-corrected chi connectivity index (χ4v) is 3.76. The molecule has 0 atom stereocenters. The Balaban J connectivity index is 1.60. The van der Waals surface area contributed by atoms with E-state index in [2.05, 4.69) is 60.1 Å². The SMILES string of the molecule is CC(C)(C(=O)N1CCN(Cc2ccccc2Br)CC1)n1cc(Br)cn1. The molecule has 0 unspecified atom stereocenters. The Morgan fingerprint density at radius 3 is 2.44 bits per heavy atom. The molecule has 0 N–H and O–H groups in total. The number of piperazine rings is 1. The Morgan fingerprint density at radius 2 is 1.84 bits per heavy atom. The first-order valence-corrected chi connectivity index (χ1v) is 9.92. The van der Waals surface area contributed by atoms with E-state index in [0.717, 1.165) is 41.7 Å². The molecule has 1 fully saturated rings. The summed E-state index contributed by atoms with van der Waals surface area (Å²) in [5.74, 6) is 0.114. The van der Waals surface area contributed by atoms with Crippen LogP contribution in [-0.4, -0.2) is 51.7 Å². The van der Waals surface area contributed by atoms with Gasteiger partial charge in [-0.15, -0.1) is 0 Å². The third-order valence-electron chi connectivity index (χ3n) is 4.66. The zero-order valence-corrected chi connectivity index (χ0v) is 17.6. The largest absolute Gasteiger partial charge is 0.338 e. The quantitative estimate of drug-likeness (QED) is 0.688. The van der Waals surface area contributed by atoms with Crippen LogP contribution in [0.4, 0.5) is 0 Å². The average molecular weight is 470 g/mol. The van der Waals surface area contributed by atoms with Crippen molar-refractivity contribution >= 4 is 37.8 Å². The molecule has 3 rings (SSSR count). The number of amides is 1. The summed E-state index contributed by atoms with van der Waals surface area (Å²) < 4.78 is 3.75. The highest BCUT2D eigenvalue weighted by Gasteiger charge is 2.36. The minimum absolute atomic E-state index is 0.114. The third-order valence-corrected chi connectivity index (χ3v) is 5.84. The number of rotatable bonds is 4. The van der Waals surface area contributed by atoms with Crippen molar-refractivity contribution in [1.82, 2.24) is 19.6 Å². The molecule has 0 bridgehead atoms. The van der Waals surface area contributed by atoms with Crippen LogP contribution in [0.2, 0.25) is 0 Å². The number of carbonyl (C=O) groups is 1. The third kappa shape index (κ3) is 4.15. The number of hydrogen-bond acceptors (Lipinski definition) is 3. The van der Waals surface area contributed by atoms with E-state index in [1.165, 1.54) is 5.56 Å². The molecule has 25 heavy (non-hydrogen) atoms. The lowest BCUT2D eigenvalue weighted by molar-refractivity contribution is -0.141. The fourth-order valence-electron chi connectivity index (χ4n) is 3.07. The lowest BCUT2D eigenvalue weighted by Crippen LogP contribution is -2.54. The monoisotopic (exact) mass is 468 g/mol. The van der Waals surface area contributed by atoms with Crippen molar-refractivity contribution in [3.63, 3.8) is 0 Å². The van der Waals surface area contributed by atoms with Crippen LogP contribution in [0, 0.1) is 0 Å². The Bertz CT molecular complexity index is 751. The van der Waals surface area contributed by atoms with Crippen molar-refractivity contribution in [1.29, 1.82) is 0 Å². The normalized spacial score (nSPS) is 16.2. The van der Waals surface area contributed by atoms with E-state index in [4.69, 9.17) is 0 Å². The molecule has 134 valence electrons. The second kappa shape index (κ2) is 7.60. The van der Waals surface area contributed by atoms with Gasteiger partial charge in [0, 0.05) is 43.4 Å². The average Bonchev–Trinajstić information content (AvgIpc) is 3.04. The highest BCUT2D eigenvalue weighted by molar-refractivity contribution is 9.10. The molecule has 1 aliphatic rings. The number of hydrogen-bond donors (Lipinski definition) is 0. The molecule has 7 heteroatoms. The number of benzene rings is 1. The molecular formula is C18H22Br2N4O. The van der Waals surface area contributed by atoms with E-state index in [0.29, 0.717) is 0 Å². The molecule has 5 nitrogen and oxygen atoms in total. The molecule has 0 aliphatic carbocycles. The van der Waals surface area contributed by atoms with Crippen LogP contribution in [0.25, 0.3) is 0 Å². The van der Waals surface area contributed by atoms with Gasteiger partial charge in [-0.1, -0.05) is 34.1 Å². The number of carbonyl (C=O) groups excluding carboxylic acids is 1. The van der Waals surface area contributed by atoms with E-state index in [1.54, 1.807) is 10.9 Å². The van der Waals surface area contributed by atoms with Gasteiger partial charge in [0.1, 0.15) is 5.54 Å². The van der Waals surface area contributed by atoms with Crippen LogP contribution < -0.4 is 0 Å². The summed E-state index contributed by atoms with van der Waals surface area (Å²) in [4.78, 5) is 17.3. The van der Waals surface area contributed by atoms with Crippen molar-refractivity contribution in [3.05, 3.63) is 51.2 Å². The lowest BCUT2D eigenvalue weighted by Gasteiger charge is -2.38. The van der Waals surface area contributed by atoms with Crippen LogP contribution in [0.5, 0.6) is 0 Å². The second-order valence-corrected chi connectivity index (χ2v) is 8.59. The maximum Gasteiger partial charge on any atom is 0.250 e. The Labute approximate surface area is 165 Å². The predicted octanol–water partition coefficient (Wildman–Crippen LogP) is 3.49. The zero-order chi connectivity index (χ0) is 18.0. The van der Waals surface area contributed by atoms with Gasteiger partial charge in [-0.25, -0.2) is 0 Å². The van der Waals surface area contributed by atoms with E-state index in [1.807, 2.05) is 31.0 Å². The predicted molar refractivity (Wildman–Crippen MR) is 105 cm³/mol. The molecule has 2 heterocycles. The summed E-state index contributed by atoms with van der Waals surface area (Å²) >= 11 is 7.00. The van der Waals surface area contributed by atoms with Crippen molar-refractivity contribution in [2.24, 2.45) is 0 Å². The minimum Gasteiger partial charge on any atom is -0.338 e. The number of halogens is 2. The molecule has 1 aliphatic heterocycles. The maximum atomic E-state index is 13.0. The van der Waals surface area contributed by atoms with E-state index >= 15 is 0 Å². The molecule has 1 aromatic carbocycles. The van der Waals surface area contributed by atoms with Crippen LogP contribution in [0.1, 0.15) is 19.4 Å². The van der Waals surface area contributed by atoms with Gasteiger partial charge in [0.25, 0.3) is 0 Å². The Hall–Kier alpha value is -1.18. The highest BCUT2D eigenvalue weighted by atomic mass is 79.9. The molecule has 1 amide bonds. The van der Waals surface area contributed by atoms with Crippen LogP contribution in [-0.2, 0) is 16.9 Å². The Kier molecular flexibility index (Phi) is 5.65. The fraction of sp³-hybridized carbons (Fsp3) is 0.444. The molecule has 2 aromatic rings. The van der Waals surface area contributed by atoms with E-state index < -0.39 is 5.54 Å². The van der Waals surface area contributed by atoms with Crippen LogP contribution in [0.15, 0.2) is 45.6 Å². The highest BCUT2D eigenvalue weighted by Crippen LogP contribution is 2.22. The summed E-state index contributed by atoms with van der Waals surface area (Å²) in [6, 6.07) is 8.30. The van der Waals surface area contributed by atoms with Gasteiger partial charge >= 0.3 is 0 Å².